The maximum Gasteiger partial charge on any atom is 0.0471 e. The van der Waals surface area contributed by atoms with Crippen LogP contribution >= 0.6 is 11.6 Å². The van der Waals surface area contributed by atoms with Crippen molar-refractivity contribution < 1.29 is 4.74 Å². The summed E-state index contributed by atoms with van der Waals surface area (Å²) < 4.78 is 5.51. The second-order valence-corrected chi connectivity index (χ2v) is 5.64. The summed E-state index contributed by atoms with van der Waals surface area (Å²) in [6.07, 6.45) is 3.35. The minimum Gasteiger partial charge on any atom is -0.381 e. The third kappa shape index (κ3) is 3.71. The van der Waals surface area contributed by atoms with Gasteiger partial charge in [0, 0.05) is 24.8 Å². The van der Waals surface area contributed by atoms with Crippen molar-refractivity contribution in [1.82, 2.24) is 5.32 Å². The molecule has 0 aliphatic carbocycles. The van der Waals surface area contributed by atoms with Crippen LogP contribution in [0.2, 0.25) is 5.02 Å². The molecule has 1 heterocycles. The van der Waals surface area contributed by atoms with E-state index in [0.717, 1.165) is 50.6 Å². The van der Waals surface area contributed by atoms with Crippen LogP contribution in [0, 0.1) is 5.41 Å². The Morgan fingerprint density at radius 1 is 1.33 bits per heavy atom. The highest BCUT2D eigenvalue weighted by molar-refractivity contribution is 6.30. The average Bonchev–Trinajstić information content (AvgIpc) is 2.38. The maximum absolute atomic E-state index is 6.07. The van der Waals surface area contributed by atoms with E-state index in [4.69, 9.17) is 16.3 Å². The molecule has 0 atom stereocenters. The van der Waals surface area contributed by atoms with Crippen LogP contribution < -0.4 is 5.32 Å². The van der Waals surface area contributed by atoms with Crippen molar-refractivity contribution in [3.63, 3.8) is 0 Å². The zero-order valence-electron chi connectivity index (χ0n) is 11.0. The molecular formula is C15H22ClNO. The van der Waals surface area contributed by atoms with Crippen LogP contribution in [0.4, 0.5) is 0 Å². The Morgan fingerprint density at radius 2 is 2.11 bits per heavy atom. The molecule has 0 aromatic heterocycles. The van der Waals surface area contributed by atoms with E-state index in [2.05, 4.69) is 24.4 Å². The van der Waals surface area contributed by atoms with Gasteiger partial charge in [0.15, 0.2) is 0 Å². The molecule has 1 aromatic carbocycles. The number of ether oxygens (including phenoxy) is 1. The average molecular weight is 268 g/mol. The predicted octanol–water partition coefficient (Wildman–Crippen LogP) is 3.29. The molecule has 3 heteroatoms. The Hall–Kier alpha value is -0.570. The smallest absolute Gasteiger partial charge is 0.0471 e. The van der Waals surface area contributed by atoms with Gasteiger partial charge in [-0.1, -0.05) is 30.7 Å². The summed E-state index contributed by atoms with van der Waals surface area (Å²) in [5.74, 6) is 0. The molecule has 0 spiro atoms. The van der Waals surface area contributed by atoms with E-state index in [-0.39, 0.29) is 0 Å². The van der Waals surface area contributed by atoms with Gasteiger partial charge in [0.05, 0.1) is 0 Å². The van der Waals surface area contributed by atoms with E-state index in [1.165, 1.54) is 5.56 Å². The Labute approximate surface area is 115 Å². The molecule has 18 heavy (non-hydrogen) atoms. The largest absolute Gasteiger partial charge is 0.381 e. The first-order valence-corrected chi connectivity index (χ1v) is 7.15. The lowest BCUT2D eigenvalue weighted by Gasteiger charge is -2.37. The van der Waals surface area contributed by atoms with Gasteiger partial charge in [-0.3, -0.25) is 0 Å². The van der Waals surface area contributed by atoms with E-state index >= 15 is 0 Å². The standard InChI is InChI=1S/C15H22ClNO/c1-2-17-12-15(6-8-18-9-7-15)11-13-4-3-5-14(16)10-13/h3-5,10,17H,2,6-9,11-12H2,1H3. The van der Waals surface area contributed by atoms with Gasteiger partial charge in [0.2, 0.25) is 0 Å². The number of halogens is 1. The minimum atomic E-state index is 0.332. The van der Waals surface area contributed by atoms with Crippen LogP contribution in [-0.4, -0.2) is 26.3 Å². The molecular weight excluding hydrogens is 246 g/mol. The summed E-state index contributed by atoms with van der Waals surface area (Å²) in [7, 11) is 0. The second-order valence-electron chi connectivity index (χ2n) is 5.20. The van der Waals surface area contributed by atoms with E-state index in [1.54, 1.807) is 0 Å². The summed E-state index contributed by atoms with van der Waals surface area (Å²) in [5, 5.41) is 4.34. The maximum atomic E-state index is 6.07. The van der Waals surface area contributed by atoms with Crippen molar-refractivity contribution in [2.24, 2.45) is 5.41 Å². The highest BCUT2D eigenvalue weighted by atomic mass is 35.5. The minimum absolute atomic E-state index is 0.332. The fourth-order valence-corrected chi connectivity index (χ4v) is 2.90. The first-order chi connectivity index (χ1) is 8.74. The highest BCUT2D eigenvalue weighted by Crippen LogP contribution is 2.34. The van der Waals surface area contributed by atoms with Crippen molar-refractivity contribution in [1.29, 1.82) is 0 Å². The van der Waals surface area contributed by atoms with Gasteiger partial charge in [0.1, 0.15) is 0 Å². The van der Waals surface area contributed by atoms with E-state index < -0.39 is 0 Å². The topological polar surface area (TPSA) is 21.3 Å². The van der Waals surface area contributed by atoms with Gasteiger partial charge >= 0.3 is 0 Å². The lowest BCUT2D eigenvalue weighted by atomic mass is 9.75. The lowest BCUT2D eigenvalue weighted by molar-refractivity contribution is 0.0152. The first kappa shape index (κ1) is 13.9. The van der Waals surface area contributed by atoms with Gasteiger partial charge in [0.25, 0.3) is 0 Å². The summed E-state index contributed by atoms with van der Waals surface area (Å²) in [6.45, 7) is 6.02. The molecule has 2 rings (SSSR count). The van der Waals surface area contributed by atoms with Crippen molar-refractivity contribution in [2.45, 2.75) is 26.2 Å². The molecule has 1 fully saturated rings. The van der Waals surface area contributed by atoms with E-state index in [1.807, 2.05) is 12.1 Å². The number of benzene rings is 1. The van der Waals surface area contributed by atoms with Gasteiger partial charge in [-0.2, -0.15) is 0 Å². The summed E-state index contributed by atoms with van der Waals surface area (Å²) in [5.41, 5.74) is 1.67. The number of nitrogens with one attached hydrogen (secondary N) is 1. The fraction of sp³-hybridized carbons (Fsp3) is 0.600. The molecule has 0 saturated carbocycles. The van der Waals surface area contributed by atoms with E-state index in [0.29, 0.717) is 5.41 Å². The molecule has 0 bridgehead atoms. The van der Waals surface area contributed by atoms with Gasteiger partial charge in [-0.05, 0) is 48.9 Å². The van der Waals surface area contributed by atoms with Crippen LogP contribution in [0.15, 0.2) is 24.3 Å². The van der Waals surface area contributed by atoms with Crippen LogP contribution in [-0.2, 0) is 11.2 Å². The normalized spacial score (nSPS) is 18.8. The molecule has 1 N–H and O–H groups in total. The summed E-state index contributed by atoms with van der Waals surface area (Å²) in [6, 6.07) is 8.24. The molecule has 1 aliphatic heterocycles. The van der Waals surface area contributed by atoms with E-state index in [9.17, 15) is 0 Å². The number of rotatable bonds is 5. The molecule has 0 unspecified atom stereocenters. The molecule has 100 valence electrons. The second kappa shape index (κ2) is 6.55. The SMILES string of the molecule is CCNCC1(Cc2cccc(Cl)c2)CCOCC1. The Kier molecular flexibility index (Phi) is 5.04. The quantitative estimate of drug-likeness (QED) is 0.884. The highest BCUT2D eigenvalue weighted by Gasteiger charge is 2.32. The Bertz CT molecular complexity index is 375. The van der Waals surface area contributed by atoms with Crippen LogP contribution in [0.1, 0.15) is 25.3 Å². The van der Waals surface area contributed by atoms with Crippen molar-refractivity contribution >= 4 is 11.6 Å². The number of hydrogen-bond acceptors (Lipinski definition) is 2. The summed E-state index contributed by atoms with van der Waals surface area (Å²) in [4.78, 5) is 0. The zero-order valence-corrected chi connectivity index (χ0v) is 11.8. The molecule has 2 nitrogen and oxygen atoms in total. The fourth-order valence-electron chi connectivity index (χ4n) is 2.69. The zero-order chi connectivity index (χ0) is 12.8. The lowest BCUT2D eigenvalue weighted by Crippen LogP contribution is -2.40. The Morgan fingerprint density at radius 3 is 2.78 bits per heavy atom. The van der Waals surface area contributed by atoms with Gasteiger partial charge in [-0.15, -0.1) is 0 Å². The first-order valence-electron chi connectivity index (χ1n) is 6.77. The molecule has 0 amide bonds. The summed E-state index contributed by atoms with van der Waals surface area (Å²) >= 11 is 6.07. The predicted molar refractivity (Wildman–Crippen MR) is 76.2 cm³/mol. The van der Waals surface area contributed by atoms with Crippen molar-refractivity contribution in [3.05, 3.63) is 34.9 Å². The Balaban J connectivity index is 2.08. The van der Waals surface area contributed by atoms with Crippen molar-refractivity contribution in [2.75, 3.05) is 26.3 Å². The monoisotopic (exact) mass is 267 g/mol. The number of hydrogen-bond donors (Lipinski definition) is 1. The third-order valence-corrected chi connectivity index (χ3v) is 4.01. The van der Waals surface area contributed by atoms with Crippen LogP contribution in [0.5, 0.6) is 0 Å². The molecule has 1 saturated heterocycles. The van der Waals surface area contributed by atoms with Crippen LogP contribution in [0.3, 0.4) is 0 Å². The molecule has 1 aliphatic rings. The third-order valence-electron chi connectivity index (χ3n) is 3.77. The molecule has 1 aromatic rings. The van der Waals surface area contributed by atoms with Crippen LogP contribution in [0.25, 0.3) is 0 Å². The van der Waals surface area contributed by atoms with Crippen molar-refractivity contribution in [3.8, 4) is 0 Å². The van der Waals surface area contributed by atoms with Gasteiger partial charge < -0.3 is 10.1 Å². The van der Waals surface area contributed by atoms with Gasteiger partial charge in [-0.25, -0.2) is 0 Å². The molecule has 0 radical (unpaired) electrons.